The molecule has 0 saturated heterocycles. The third kappa shape index (κ3) is 55.8. The molecule has 21 N–H and O–H groups in total. The first-order valence-corrected chi connectivity index (χ1v) is 27.9. The predicted molar refractivity (Wildman–Crippen MR) is 353 cm³/mol. The second-order valence-electron chi connectivity index (χ2n) is 18.9. The minimum absolute atomic E-state index is 0. The maximum absolute atomic E-state index is 11.6. The van der Waals surface area contributed by atoms with Crippen LogP contribution in [0.2, 0.25) is 0 Å². The van der Waals surface area contributed by atoms with Gasteiger partial charge in [0.2, 0.25) is 17.7 Å². The Hall–Kier alpha value is -9.41. The number of nitrogens with one attached hydrogen (secondary N) is 3. The molecular weight excluding hydrogens is 1440 g/mol. The minimum atomic E-state index is -1.38. The van der Waals surface area contributed by atoms with Gasteiger partial charge in [-0.15, -0.1) is 12.4 Å². The third-order valence-electron chi connectivity index (χ3n) is 10.6. The maximum Gasteiger partial charge on any atom is 0.408 e. The van der Waals surface area contributed by atoms with E-state index in [2.05, 4.69) is 30.2 Å². The third-order valence-corrected chi connectivity index (χ3v) is 10.7. The number of halogens is 2. The first-order chi connectivity index (χ1) is 43.8. The zero-order valence-electron chi connectivity index (χ0n) is 55.2. The smallest absolute Gasteiger partial charge is 0.408 e. The number of carboxylic acid groups (broad SMARTS) is 2. The SMILES string of the molecule is CC(=O)OC(C)=O.CC(=O)O[C@H](C)[C@H](N)C(N)=O.CC(=O)O[C@H](C)[C@H](NC(=O)OCc1ccccc1)C(N)=O.C[C@@H](O)[C@H](N)C(=O)O.C[C@@H](O)[C@H](NC(=O)OCc1ccccc1)C(=O)O.C[C@@H](O)[C@H](NC(=O)OCc1ccccc1)C(N)=O.Cl.N.O=C(Cl)OCc1ccccc1.[CH3-].[HH].[Pd]. The van der Waals surface area contributed by atoms with E-state index in [1.165, 1.54) is 62.3 Å². The number of rotatable bonds is 23. The number of carboxylic acids is 2. The number of aliphatic hydroxyl groups is 3. The summed E-state index contributed by atoms with van der Waals surface area (Å²) >= 11 is 4.97. The largest absolute Gasteiger partial charge is 0.480 e. The standard InChI is InChI=1S/C14H18N2O5.C12H16N2O4.C12H15NO5.C8H7ClO2.C6H12N2O3.C4H9NO3.C4H6O3.CH3.ClH.H3N.Pd.H2/c1-9(21-10(2)17)12(13(15)18)16-14(19)20-8-11-6-4-3-5-7-11;1-8(15)10(11(13)16)14-12(17)18-7-9-5-3-2-4-6-9;1-8(14)10(11(15)16)13-12(17)18-7-9-5-3-2-4-6-9;9-8(10)11-6-7-4-2-1-3-5-7;1-3(11-4(2)9)5(7)6(8)10;1-2(6)3(5)4(7)8;1-3(5)7-4(2)6;;;;;/h3-7,9,12H,8H2,1-2H3,(H2,15,18)(H,16,19);2-6,8,10,15H,7H2,1H3,(H2,13,16)(H,14,17);2-6,8,10,14H,7H2,1H3,(H,13,17)(H,15,16);1-5H,6H2;3,5H,7H2,1-2H3,(H2,8,10);2-3,6H,5H2,1H3,(H,7,8);1-2H3;1H3;1H;1H3;;1H/q;;;;;;;-1;;;;/t9-,12+;2*8-,10+;;3-,5+;2-,3+;;;;;;/m111.11....../s1. The number of carbonyl (C=O) groups excluding carboxylic acids is 11. The quantitative estimate of drug-likeness (QED) is 0.0127. The molecule has 6 amide bonds. The number of hydrogen-bond acceptors (Lipinski definition) is 26. The number of ether oxygens (including phenoxy) is 7. The predicted octanol–water partition coefficient (Wildman–Crippen LogP) is 3.08. The van der Waals surface area contributed by atoms with Crippen LogP contribution in [0, 0.1) is 7.43 Å². The summed E-state index contributed by atoms with van der Waals surface area (Å²) in [5.41, 5.74) is 27.8. The Morgan fingerprint density at radius 1 is 0.429 bits per heavy atom. The van der Waals surface area contributed by atoms with Gasteiger partial charge in [0.25, 0.3) is 0 Å². The second-order valence-corrected chi connectivity index (χ2v) is 19.2. The monoisotopic (exact) mass is 1530 g/mol. The number of amides is 6. The summed E-state index contributed by atoms with van der Waals surface area (Å²) in [6.45, 7) is 12.1. The van der Waals surface area contributed by atoms with Crippen LogP contribution < -0.4 is 50.8 Å². The number of nitrogens with two attached hydrogens (primary N) is 5. The Bertz CT molecular complexity index is 2890. The van der Waals surface area contributed by atoms with Crippen molar-refractivity contribution in [2.45, 2.75) is 149 Å². The van der Waals surface area contributed by atoms with Crippen molar-refractivity contribution < 1.29 is 143 Å². The van der Waals surface area contributed by atoms with Crippen LogP contribution in [0.4, 0.5) is 19.2 Å². The van der Waals surface area contributed by atoms with Crippen LogP contribution in [0.5, 0.6) is 0 Å². The van der Waals surface area contributed by atoms with Crippen molar-refractivity contribution in [2.24, 2.45) is 28.7 Å². The van der Waals surface area contributed by atoms with Gasteiger partial charge in [0.1, 0.15) is 62.8 Å². The summed E-state index contributed by atoms with van der Waals surface area (Å²) in [6.07, 6.45) is -7.31. The second kappa shape index (κ2) is 58.9. The van der Waals surface area contributed by atoms with E-state index in [4.69, 9.17) is 79.6 Å². The summed E-state index contributed by atoms with van der Waals surface area (Å²) in [5.74, 6) is -7.00. The van der Waals surface area contributed by atoms with E-state index in [0.29, 0.717) is 0 Å². The van der Waals surface area contributed by atoms with Gasteiger partial charge >= 0.3 is 59.5 Å². The van der Waals surface area contributed by atoms with Crippen LogP contribution in [0.1, 0.15) is 86.0 Å². The molecule has 0 radical (unpaired) electrons. The molecule has 0 aromatic heterocycles. The molecule has 98 heavy (non-hydrogen) atoms. The molecule has 0 fully saturated rings. The summed E-state index contributed by atoms with van der Waals surface area (Å²) in [5, 5.41) is 50.3. The van der Waals surface area contributed by atoms with Crippen LogP contribution in [0.25, 0.3) is 0 Å². The normalized spacial score (nSPS) is 12.4. The van der Waals surface area contributed by atoms with Crippen LogP contribution in [0.3, 0.4) is 0 Å². The van der Waals surface area contributed by atoms with Gasteiger partial charge in [-0.1, -0.05) is 121 Å². The zero-order chi connectivity index (χ0) is 72.6. The number of primary amides is 3. The van der Waals surface area contributed by atoms with E-state index in [0.717, 1.165) is 22.3 Å². The van der Waals surface area contributed by atoms with Gasteiger partial charge in [-0.25, -0.2) is 24.0 Å². The van der Waals surface area contributed by atoms with Crippen LogP contribution in [-0.2, 0) is 123 Å². The molecule has 0 heterocycles. The summed E-state index contributed by atoms with van der Waals surface area (Å²) in [6, 6.07) is 30.7. The van der Waals surface area contributed by atoms with Crippen LogP contribution >= 0.6 is 24.0 Å². The van der Waals surface area contributed by atoms with Crippen molar-refractivity contribution in [3.63, 3.8) is 0 Å². The molecular formula is C61H92Cl2N9O25Pd-. The fraction of sp³-hybridized carbons (Fsp3) is 0.377. The summed E-state index contributed by atoms with van der Waals surface area (Å²) < 4.78 is 32.7. The van der Waals surface area contributed by atoms with E-state index < -0.39 is 138 Å². The molecule has 4 aromatic carbocycles. The van der Waals surface area contributed by atoms with Gasteiger partial charge in [-0.3, -0.25) is 38.4 Å². The van der Waals surface area contributed by atoms with Gasteiger partial charge in [-0.2, -0.15) is 0 Å². The van der Waals surface area contributed by atoms with Gasteiger partial charge in [0, 0.05) is 61.1 Å². The summed E-state index contributed by atoms with van der Waals surface area (Å²) in [4.78, 5) is 139. The molecule has 4 rings (SSSR count). The maximum atomic E-state index is 11.6. The van der Waals surface area contributed by atoms with Gasteiger partial charge in [0.15, 0.2) is 6.04 Å². The number of aliphatic hydroxyl groups excluding tert-OH is 3. The van der Waals surface area contributed by atoms with E-state index in [1.807, 2.05) is 72.8 Å². The Morgan fingerprint density at radius 2 is 0.704 bits per heavy atom. The van der Waals surface area contributed by atoms with Gasteiger partial charge in [-0.05, 0) is 56.9 Å². The van der Waals surface area contributed by atoms with E-state index in [9.17, 15) is 67.4 Å². The van der Waals surface area contributed by atoms with Crippen molar-refractivity contribution in [3.05, 3.63) is 151 Å². The Balaban J connectivity index is -0.000000166. The fourth-order valence-electron chi connectivity index (χ4n) is 5.93. The number of carbonyl (C=O) groups is 13. The average Bonchev–Trinajstić information content (AvgIpc) is 0.959. The van der Waals surface area contributed by atoms with Crippen molar-refractivity contribution in [1.82, 2.24) is 22.1 Å². The Labute approximate surface area is 592 Å². The van der Waals surface area contributed by atoms with Crippen molar-refractivity contribution in [2.75, 3.05) is 0 Å². The molecule has 0 spiro atoms. The van der Waals surface area contributed by atoms with E-state index >= 15 is 0 Å². The van der Waals surface area contributed by atoms with E-state index in [1.54, 1.807) is 48.5 Å². The minimum Gasteiger partial charge on any atom is -0.480 e. The molecule has 34 nitrogen and oxygen atoms in total. The number of esters is 4. The average molecular weight is 1530 g/mol. The first-order valence-electron chi connectivity index (χ1n) is 27.5. The topological polar surface area (TPSA) is 589 Å². The number of aliphatic carboxylic acids is 2. The fourth-order valence-corrected chi connectivity index (χ4v) is 5.99. The molecule has 0 aliphatic rings. The van der Waals surface area contributed by atoms with Crippen molar-refractivity contribution >= 4 is 101 Å². The molecule has 10 atom stereocenters. The molecule has 0 aliphatic heterocycles. The summed E-state index contributed by atoms with van der Waals surface area (Å²) in [7, 11) is 0. The molecule has 0 unspecified atom stereocenters. The Kier molecular flexibility index (Phi) is 61.4. The molecule has 556 valence electrons. The molecule has 37 heteroatoms. The first kappa shape index (κ1) is 102. The number of alkyl carbamates (subject to hydrolysis) is 3. The molecule has 0 aliphatic carbocycles. The zero-order valence-corrected chi connectivity index (χ0v) is 58.4. The van der Waals surface area contributed by atoms with Crippen molar-refractivity contribution in [3.8, 4) is 0 Å². The molecule has 0 saturated carbocycles. The van der Waals surface area contributed by atoms with Crippen LogP contribution in [0.15, 0.2) is 121 Å². The van der Waals surface area contributed by atoms with Gasteiger partial charge < -0.3 is 117 Å². The number of benzene rings is 4. The van der Waals surface area contributed by atoms with E-state index in [-0.39, 0.29) is 74.3 Å². The van der Waals surface area contributed by atoms with Crippen LogP contribution in [-0.4, -0.2) is 164 Å². The molecule has 0 bridgehead atoms. The van der Waals surface area contributed by atoms with Gasteiger partial charge in [0.05, 0.1) is 18.3 Å². The Morgan fingerprint density at radius 3 is 0.908 bits per heavy atom. The number of hydrogen-bond donors (Lipinski definition) is 14. The molecule has 4 aromatic rings. The van der Waals surface area contributed by atoms with Crippen molar-refractivity contribution in [1.29, 1.82) is 0 Å².